The molecule has 0 unspecified atom stereocenters. The smallest absolute Gasteiger partial charge is 0.311 e. The lowest BCUT2D eigenvalue weighted by atomic mass is 10.0. The van der Waals surface area contributed by atoms with E-state index in [1.165, 1.54) is 33.6 Å². The average Bonchev–Trinajstić information content (AvgIpc) is 3.40. The Morgan fingerprint density at radius 3 is 2.68 bits per heavy atom. The highest BCUT2D eigenvalue weighted by molar-refractivity contribution is 9.10. The van der Waals surface area contributed by atoms with Gasteiger partial charge in [-0.3, -0.25) is 19.0 Å². The number of carbonyl (C=O) groups excluding carboxylic acids is 2. The predicted octanol–water partition coefficient (Wildman–Crippen LogP) is 4.65. The molecule has 0 fully saturated rings. The third kappa shape index (κ3) is 5.26. The number of halogens is 1. The Morgan fingerprint density at radius 2 is 1.97 bits per heavy atom. The average molecular weight is 561 g/mol. The van der Waals surface area contributed by atoms with Crippen LogP contribution in [0.1, 0.15) is 24.4 Å². The third-order valence-electron chi connectivity index (χ3n) is 4.95. The molecule has 1 N–H and O–H groups in total. The van der Waals surface area contributed by atoms with E-state index in [2.05, 4.69) is 31.2 Å². The van der Waals surface area contributed by atoms with Crippen molar-refractivity contribution in [2.45, 2.75) is 33.2 Å². The van der Waals surface area contributed by atoms with Gasteiger partial charge in [0.15, 0.2) is 5.13 Å². The van der Waals surface area contributed by atoms with Crippen LogP contribution < -0.4 is 10.9 Å². The molecule has 3 heterocycles. The van der Waals surface area contributed by atoms with Gasteiger partial charge in [0.2, 0.25) is 5.91 Å². The predicted molar refractivity (Wildman–Crippen MR) is 137 cm³/mol. The molecule has 8 nitrogen and oxygen atoms in total. The Morgan fingerprint density at radius 1 is 1.21 bits per heavy atom. The largest absolute Gasteiger partial charge is 0.466 e. The molecule has 34 heavy (non-hydrogen) atoms. The minimum Gasteiger partial charge on any atom is -0.466 e. The van der Waals surface area contributed by atoms with Gasteiger partial charge < -0.3 is 10.1 Å². The van der Waals surface area contributed by atoms with Crippen molar-refractivity contribution in [1.82, 2.24) is 14.5 Å². The zero-order valence-electron chi connectivity index (χ0n) is 18.5. The van der Waals surface area contributed by atoms with E-state index in [-0.39, 0.29) is 24.5 Å². The first-order chi connectivity index (χ1) is 16.4. The van der Waals surface area contributed by atoms with Gasteiger partial charge in [-0.2, -0.15) is 0 Å². The number of amides is 1. The second-order valence-corrected chi connectivity index (χ2v) is 10.1. The second kappa shape index (κ2) is 10.6. The molecule has 176 valence electrons. The number of esters is 1. The number of nitrogens with zero attached hydrogens (tertiary/aromatic N) is 3. The molecule has 0 saturated carbocycles. The van der Waals surface area contributed by atoms with Crippen molar-refractivity contribution >= 4 is 65.8 Å². The number of benzene rings is 1. The molecule has 0 aliphatic carbocycles. The molecule has 0 aliphatic heterocycles. The molecule has 11 heteroatoms. The summed E-state index contributed by atoms with van der Waals surface area (Å²) in [6.45, 7) is 3.88. The van der Waals surface area contributed by atoms with E-state index in [4.69, 9.17) is 4.74 Å². The monoisotopic (exact) mass is 560 g/mol. The summed E-state index contributed by atoms with van der Waals surface area (Å²) in [5, 5.41) is 5.25. The number of ether oxygens (including phenoxy) is 1. The summed E-state index contributed by atoms with van der Waals surface area (Å²) in [5.41, 5.74) is 2.05. The van der Waals surface area contributed by atoms with Crippen molar-refractivity contribution in [3.05, 3.63) is 61.4 Å². The first kappa shape index (κ1) is 24.2. The van der Waals surface area contributed by atoms with Crippen LogP contribution in [-0.2, 0) is 33.7 Å². The van der Waals surface area contributed by atoms with E-state index in [0.29, 0.717) is 27.6 Å². The van der Waals surface area contributed by atoms with Crippen molar-refractivity contribution in [1.29, 1.82) is 0 Å². The number of fused-ring (bicyclic) bond motifs is 1. The van der Waals surface area contributed by atoms with Crippen LogP contribution in [-0.4, -0.2) is 33.0 Å². The molecule has 4 aromatic rings. The van der Waals surface area contributed by atoms with E-state index < -0.39 is 5.91 Å². The Kier molecular flexibility index (Phi) is 7.54. The van der Waals surface area contributed by atoms with Gasteiger partial charge in [0.25, 0.3) is 5.56 Å². The van der Waals surface area contributed by atoms with Gasteiger partial charge in [-0.25, -0.2) is 9.97 Å². The fourth-order valence-electron chi connectivity index (χ4n) is 3.48. The van der Waals surface area contributed by atoms with E-state index in [1.807, 2.05) is 31.2 Å². The van der Waals surface area contributed by atoms with Gasteiger partial charge in [-0.15, -0.1) is 22.7 Å². The highest BCUT2D eigenvalue weighted by atomic mass is 79.9. The SMILES string of the molecule is CCOC(=O)Cc1csc(NC(=O)Cn2cnc3sc(CC)c(-c4ccc(Br)cc4)c3c2=O)n1. The highest BCUT2D eigenvalue weighted by Gasteiger charge is 2.19. The Balaban J connectivity index is 1.58. The summed E-state index contributed by atoms with van der Waals surface area (Å²) >= 11 is 6.15. The molecule has 0 spiro atoms. The van der Waals surface area contributed by atoms with Crippen LogP contribution in [0.25, 0.3) is 21.3 Å². The minimum absolute atomic E-state index is 0.0387. The molecular weight excluding hydrogens is 540 g/mol. The molecule has 1 aromatic carbocycles. The maximum absolute atomic E-state index is 13.4. The standard InChI is InChI=1S/C23H21BrN4O4S2/c1-3-16-19(13-5-7-14(24)8-6-13)20-21(34-16)25-12-28(22(20)31)10-17(29)27-23-26-15(11-33-23)9-18(30)32-4-2/h5-8,11-12H,3-4,9-10H2,1-2H3,(H,26,27,29). The fourth-order valence-corrected chi connectivity index (χ4v) is 5.56. The number of anilines is 1. The molecule has 0 saturated heterocycles. The molecule has 3 aromatic heterocycles. The lowest BCUT2D eigenvalue weighted by Crippen LogP contribution is -2.27. The van der Waals surface area contributed by atoms with Gasteiger partial charge in [-0.05, 0) is 31.0 Å². The number of hydrogen-bond donors (Lipinski definition) is 1. The quantitative estimate of drug-likeness (QED) is 0.314. The van der Waals surface area contributed by atoms with E-state index in [9.17, 15) is 14.4 Å². The van der Waals surface area contributed by atoms with E-state index in [0.717, 1.165) is 26.9 Å². The van der Waals surface area contributed by atoms with Crippen molar-refractivity contribution in [2.24, 2.45) is 0 Å². The number of nitrogens with one attached hydrogen (secondary N) is 1. The third-order valence-corrected chi connectivity index (χ3v) is 7.53. The molecule has 0 aliphatic rings. The maximum atomic E-state index is 13.4. The molecule has 0 radical (unpaired) electrons. The van der Waals surface area contributed by atoms with Crippen molar-refractivity contribution < 1.29 is 14.3 Å². The highest BCUT2D eigenvalue weighted by Crippen LogP contribution is 2.36. The van der Waals surface area contributed by atoms with Crippen LogP contribution in [0.2, 0.25) is 0 Å². The Hall–Kier alpha value is -2.89. The molecular formula is C23H21BrN4O4S2. The summed E-state index contributed by atoms with van der Waals surface area (Å²) < 4.78 is 7.17. The number of carbonyl (C=O) groups is 2. The van der Waals surface area contributed by atoms with Crippen LogP contribution in [0.3, 0.4) is 0 Å². The van der Waals surface area contributed by atoms with Gasteiger partial charge in [0.05, 0.1) is 30.4 Å². The summed E-state index contributed by atoms with van der Waals surface area (Å²) in [4.78, 5) is 48.0. The van der Waals surface area contributed by atoms with Gasteiger partial charge >= 0.3 is 5.97 Å². The van der Waals surface area contributed by atoms with Gasteiger partial charge in [0.1, 0.15) is 11.4 Å². The summed E-state index contributed by atoms with van der Waals surface area (Å²) in [7, 11) is 0. The second-order valence-electron chi connectivity index (χ2n) is 7.29. The topological polar surface area (TPSA) is 103 Å². The number of thiophene rings is 1. The van der Waals surface area contributed by atoms with E-state index >= 15 is 0 Å². The number of aryl methyl sites for hydroxylation is 1. The van der Waals surface area contributed by atoms with Gasteiger partial charge in [0, 0.05) is 20.3 Å². The molecule has 0 atom stereocenters. The van der Waals surface area contributed by atoms with Gasteiger partial charge in [-0.1, -0.05) is 35.0 Å². The van der Waals surface area contributed by atoms with Crippen LogP contribution >= 0.6 is 38.6 Å². The van der Waals surface area contributed by atoms with E-state index in [1.54, 1.807) is 12.3 Å². The zero-order chi connectivity index (χ0) is 24.2. The van der Waals surface area contributed by atoms with Crippen LogP contribution in [0.4, 0.5) is 5.13 Å². The fraction of sp³-hybridized carbons (Fsp3) is 0.261. The molecule has 1 amide bonds. The van der Waals surface area contributed by atoms with Crippen LogP contribution in [0, 0.1) is 0 Å². The lowest BCUT2D eigenvalue weighted by Gasteiger charge is -2.07. The summed E-state index contributed by atoms with van der Waals surface area (Å²) in [6.07, 6.45) is 2.21. The lowest BCUT2D eigenvalue weighted by molar-refractivity contribution is -0.142. The van der Waals surface area contributed by atoms with Crippen molar-refractivity contribution in [3.8, 4) is 11.1 Å². The Labute approximate surface area is 211 Å². The van der Waals surface area contributed by atoms with Crippen LogP contribution in [0.5, 0.6) is 0 Å². The first-order valence-corrected chi connectivity index (χ1v) is 13.0. The normalized spacial score (nSPS) is 11.0. The summed E-state index contributed by atoms with van der Waals surface area (Å²) in [6, 6.07) is 7.80. The number of aromatic nitrogens is 3. The number of rotatable bonds is 8. The Bertz CT molecular complexity index is 1410. The number of thiazole rings is 1. The molecule has 4 rings (SSSR count). The first-order valence-electron chi connectivity index (χ1n) is 10.6. The number of hydrogen-bond acceptors (Lipinski definition) is 8. The maximum Gasteiger partial charge on any atom is 0.311 e. The van der Waals surface area contributed by atoms with Crippen molar-refractivity contribution in [3.63, 3.8) is 0 Å². The molecule has 0 bridgehead atoms. The van der Waals surface area contributed by atoms with Crippen molar-refractivity contribution in [2.75, 3.05) is 11.9 Å². The van der Waals surface area contributed by atoms with Crippen LogP contribution in [0.15, 0.2) is 45.2 Å². The summed E-state index contributed by atoms with van der Waals surface area (Å²) in [5.74, 6) is -0.781. The zero-order valence-corrected chi connectivity index (χ0v) is 21.7. The minimum atomic E-state index is -0.406.